The Hall–Kier alpha value is -9.14. The number of hydrogen-bond donors (Lipinski definition) is 0. The topological polar surface area (TPSA) is 32.8 Å². The zero-order valence-corrected chi connectivity index (χ0v) is 41.7. The Bertz CT molecular complexity index is 4380. The number of nitrogens with zero attached hydrogens (tertiary/aromatic N) is 2. The molecule has 0 saturated heterocycles. The maximum Gasteiger partial charge on any atom is 0.160 e. The lowest BCUT2D eigenvalue weighted by Gasteiger charge is -2.28. The number of rotatable bonds is 6. The Labute approximate surface area is 434 Å². The van der Waals surface area contributed by atoms with Gasteiger partial charge in [-0.25, -0.2) is 17.6 Å². The first-order valence-electron chi connectivity index (χ1n) is 25.5. The third-order valence-electron chi connectivity index (χ3n) is 16.4. The van der Waals surface area contributed by atoms with E-state index in [-0.39, 0.29) is 10.8 Å². The molecule has 0 saturated carbocycles. The molecule has 2 heterocycles. The summed E-state index contributed by atoms with van der Waals surface area (Å²) in [5.41, 5.74) is 15.2. The maximum absolute atomic E-state index is 15.2. The molecule has 11 aromatic carbocycles. The van der Waals surface area contributed by atoms with Gasteiger partial charge in [0.25, 0.3) is 0 Å². The van der Waals surface area contributed by atoms with Crippen molar-refractivity contribution in [3.8, 4) is 22.3 Å². The predicted octanol–water partition coefficient (Wildman–Crippen LogP) is 19.9. The second kappa shape index (κ2) is 15.7. The monoisotopic (exact) mass is 996 g/mol. The van der Waals surface area contributed by atoms with E-state index >= 15 is 8.78 Å². The minimum atomic E-state index is -0.945. The van der Waals surface area contributed by atoms with E-state index in [0.717, 1.165) is 67.3 Å². The second-order valence-electron chi connectivity index (χ2n) is 21.4. The summed E-state index contributed by atoms with van der Waals surface area (Å²) in [4.78, 5) is 3.88. The van der Waals surface area contributed by atoms with Crippen LogP contribution in [0.4, 0.5) is 51.7 Å². The Balaban J connectivity index is 0.823. The van der Waals surface area contributed by atoms with Crippen molar-refractivity contribution in [3.05, 3.63) is 240 Å². The Kier molecular flexibility index (Phi) is 9.16. The minimum absolute atomic E-state index is 0.350. The zero-order chi connectivity index (χ0) is 51.5. The summed E-state index contributed by atoms with van der Waals surface area (Å²) in [6.45, 7) is 8.98. The molecule has 0 aliphatic heterocycles. The average molecular weight is 997 g/mol. The Morgan fingerprint density at radius 3 is 1.09 bits per heavy atom. The van der Waals surface area contributed by atoms with Crippen molar-refractivity contribution in [1.29, 1.82) is 0 Å². The molecular formula is C68H44F4N2O2. The molecule has 0 N–H and O–H groups in total. The first-order chi connectivity index (χ1) is 36.8. The molecule has 0 amide bonds. The van der Waals surface area contributed by atoms with Crippen LogP contribution < -0.4 is 9.80 Å². The number of halogens is 4. The van der Waals surface area contributed by atoms with Crippen molar-refractivity contribution in [3.63, 3.8) is 0 Å². The van der Waals surface area contributed by atoms with E-state index < -0.39 is 23.3 Å². The highest BCUT2D eigenvalue weighted by atomic mass is 19.2. The van der Waals surface area contributed by atoms with E-state index in [2.05, 4.69) is 125 Å². The number of benzene rings is 11. The SMILES string of the molecule is CC1(C)c2cc(N(c3ccc(F)c(F)c3)c3ccc4c(c3)oc3cc5c(cc34)oc3cc(N(c4ccc(F)c(F)c4)c4ccc6c(c4)C(C)(C)c4c-6ccc6ccccc46)ccc35)ccc2-c2ccc3ccccc3c21. The van der Waals surface area contributed by atoms with Gasteiger partial charge < -0.3 is 18.6 Å². The van der Waals surface area contributed by atoms with Crippen molar-refractivity contribution in [2.45, 2.75) is 38.5 Å². The normalized spacial score (nSPS) is 14.0. The summed E-state index contributed by atoms with van der Waals surface area (Å²) in [7, 11) is 0. The molecule has 2 aromatic heterocycles. The fourth-order valence-corrected chi connectivity index (χ4v) is 12.9. The average Bonchev–Trinajstić information content (AvgIpc) is 4.15. The number of hydrogen-bond acceptors (Lipinski definition) is 4. The largest absolute Gasteiger partial charge is 0.456 e. The standard InChI is InChI=1S/C68H44F4N2O2/c1-67(2)55-29-39(15-23-47(55)51-21-13-37-9-5-7-11-45(37)65(51)67)73(41-19-27-57(69)59(71)31-41)43-17-25-49-53-35-64-54(36-63(53)75-61(49)33-43)50-26-18-44(34-62(50)76-64)74(42-20-28-58(70)60(72)32-42)40-16-24-48-52-22-14-38-10-6-8-12-46(38)66(52)68(3,4)56(48)30-40/h5-36H,1-4H3. The molecule has 366 valence electrons. The Morgan fingerprint density at radius 1 is 0.303 bits per heavy atom. The molecule has 2 aliphatic carbocycles. The first kappa shape index (κ1) is 44.4. The van der Waals surface area contributed by atoms with Crippen molar-refractivity contribution in [1.82, 2.24) is 0 Å². The summed E-state index contributed by atoms with van der Waals surface area (Å²) in [6, 6.07) is 62.1. The summed E-state index contributed by atoms with van der Waals surface area (Å²) in [5.74, 6) is -3.74. The van der Waals surface area contributed by atoms with Crippen molar-refractivity contribution >= 4 is 99.5 Å². The quantitative estimate of drug-likeness (QED) is 0.155. The van der Waals surface area contributed by atoms with Crippen LogP contribution in [0.5, 0.6) is 0 Å². The summed E-state index contributed by atoms with van der Waals surface area (Å²) >= 11 is 0. The van der Waals surface area contributed by atoms with Crippen LogP contribution in [0.1, 0.15) is 49.9 Å². The lowest BCUT2D eigenvalue weighted by molar-refractivity contribution is 0.509. The van der Waals surface area contributed by atoms with Crippen molar-refractivity contribution < 1.29 is 26.4 Å². The Morgan fingerprint density at radius 2 is 0.658 bits per heavy atom. The molecule has 13 aromatic rings. The van der Waals surface area contributed by atoms with E-state index in [1.165, 1.54) is 55.9 Å². The number of furan rings is 2. The summed E-state index contributed by atoms with van der Waals surface area (Å²) < 4.78 is 72.9. The van der Waals surface area contributed by atoms with Gasteiger partial charge in [-0.3, -0.25) is 0 Å². The molecule has 15 rings (SSSR count). The third-order valence-corrected chi connectivity index (χ3v) is 16.4. The highest BCUT2D eigenvalue weighted by Gasteiger charge is 2.39. The van der Waals surface area contributed by atoms with Crippen LogP contribution in [0.3, 0.4) is 0 Å². The van der Waals surface area contributed by atoms with Crippen LogP contribution in [-0.2, 0) is 10.8 Å². The van der Waals surface area contributed by atoms with E-state index in [4.69, 9.17) is 8.83 Å². The van der Waals surface area contributed by atoms with Gasteiger partial charge in [0.2, 0.25) is 0 Å². The van der Waals surface area contributed by atoms with Crippen LogP contribution in [0.2, 0.25) is 0 Å². The van der Waals surface area contributed by atoms with Crippen molar-refractivity contribution in [2.75, 3.05) is 9.80 Å². The number of anilines is 6. The van der Waals surface area contributed by atoms with E-state index in [0.29, 0.717) is 45.1 Å². The molecule has 8 heteroatoms. The van der Waals surface area contributed by atoms with Crippen LogP contribution >= 0.6 is 0 Å². The lowest BCUT2D eigenvalue weighted by atomic mass is 9.80. The fraction of sp³-hybridized carbons (Fsp3) is 0.0882. The molecule has 76 heavy (non-hydrogen) atoms. The van der Waals surface area contributed by atoms with Gasteiger partial charge in [-0.15, -0.1) is 0 Å². The maximum atomic E-state index is 15.2. The summed E-state index contributed by atoms with van der Waals surface area (Å²) in [5, 5.41) is 8.17. The smallest absolute Gasteiger partial charge is 0.160 e. The second-order valence-corrected chi connectivity index (χ2v) is 21.4. The van der Waals surface area contributed by atoms with Gasteiger partial charge in [-0.1, -0.05) is 113 Å². The molecule has 2 aliphatic rings. The third kappa shape index (κ3) is 6.30. The molecule has 4 nitrogen and oxygen atoms in total. The highest BCUT2D eigenvalue weighted by molar-refractivity contribution is 6.15. The molecular weight excluding hydrogens is 953 g/mol. The lowest BCUT2D eigenvalue weighted by Crippen LogP contribution is -2.17. The number of fused-ring (bicyclic) bond motifs is 16. The van der Waals surface area contributed by atoms with Crippen LogP contribution in [-0.4, -0.2) is 0 Å². The van der Waals surface area contributed by atoms with Crippen LogP contribution in [0, 0.1) is 23.3 Å². The van der Waals surface area contributed by atoms with E-state index in [1.54, 1.807) is 12.1 Å². The van der Waals surface area contributed by atoms with E-state index in [1.807, 2.05) is 70.5 Å². The van der Waals surface area contributed by atoms with Gasteiger partial charge in [0.05, 0.1) is 0 Å². The predicted molar refractivity (Wildman–Crippen MR) is 300 cm³/mol. The first-order valence-corrected chi connectivity index (χ1v) is 25.5. The van der Waals surface area contributed by atoms with E-state index in [9.17, 15) is 8.78 Å². The van der Waals surface area contributed by atoms with Crippen LogP contribution in [0.25, 0.3) is 87.7 Å². The van der Waals surface area contributed by atoms with Gasteiger partial charge in [-0.2, -0.15) is 0 Å². The molecule has 0 atom stereocenters. The fourth-order valence-electron chi connectivity index (χ4n) is 12.9. The summed E-state index contributed by atoms with van der Waals surface area (Å²) in [6.07, 6.45) is 0. The molecule has 0 bridgehead atoms. The molecule has 0 unspecified atom stereocenters. The highest BCUT2D eigenvalue weighted by Crippen LogP contribution is 2.55. The molecule has 0 fully saturated rings. The van der Waals surface area contributed by atoms with Gasteiger partial charge in [-0.05, 0) is 151 Å². The zero-order valence-electron chi connectivity index (χ0n) is 41.7. The molecule has 0 radical (unpaired) electrons. The van der Waals surface area contributed by atoms with Gasteiger partial charge in [0, 0.05) is 90.8 Å². The van der Waals surface area contributed by atoms with Gasteiger partial charge in [0.15, 0.2) is 23.3 Å². The van der Waals surface area contributed by atoms with Crippen LogP contribution in [0.15, 0.2) is 203 Å². The van der Waals surface area contributed by atoms with Crippen molar-refractivity contribution in [2.24, 2.45) is 0 Å². The molecule has 0 spiro atoms. The van der Waals surface area contributed by atoms with Gasteiger partial charge in [0.1, 0.15) is 22.3 Å². The minimum Gasteiger partial charge on any atom is -0.456 e. The van der Waals surface area contributed by atoms with Gasteiger partial charge >= 0.3 is 0 Å².